The highest BCUT2D eigenvalue weighted by Crippen LogP contribution is 2.20. The maximum absolute atomic E-state index is 10.0. The molecule has 1 atom stereocenters. The van der Waals surface area contributed by atoms with Gasteiger partial charge in [0.25, 0.3) is 0 Å². The van der Waals surface area contributed by atoms with Crippen LogP contribution in [0.4, 0.5) is 0 Å². The molecule has 96 valence electrons. The van der Waals surface area contributed by atoms with Gasteiger partial charge in [-0.3, -0.25) is 4.98 Å². The Bertz CT molecular complexity index is 537. The molecule has 0 aliphatic carbocycles. The molecule has 18 heavy (non-hydrogen) atoms. The number of nitrogens with zero attached hydrogens (tertiary/aromatic N) is 1. The zero-order valence-electron chi connectivity index (χ0n) is 11.1. The molecule has 2 aromatic rings. The van der Waals surface area contributed by atoms with Crippen LogP contribution in [0.3, 0.4) is 0 Å². The highest BCUT2D eigenvalue weighted by molar-refractivity contribution is 5.79. The molecule has 1 aromatic heterocycles. The maximum Gasteiger partial charge on any atom is 0.102 e. The highest BCUT2D eigenvalue weighted by Gasteiger charge is 2.09. The lowest BCUT2D eigenvalue weighted by molar-refractivity contribution is 0.00498. The van der Waals surface area contributed by atoms with Crippen molar-refractivity contribution in [1.29, 1.82) is 0 Å². The zero-order valence-corrected chi connectivity index (χ0v) is 11.1. The molecular weight excluding hydrogens is 226 g/mol. The molecule has 2 rings (SSSR count). The minimum Gasteiger partial charge on any atom is -0.386 e. The van der Waals surface area contributed by atoms with Crippen molar-refractivity contribution < 1.29 is 9.84 Å². The van der Waals surface area contributed by atoms with Gasteiger partial charge in [0.1, 0.15) is 6.10 Å². The number of aliphatic hydroxyl groups is 1. The van der Waals surface area contributed by atoms with Crippen LogP contribution in [0.5, 0.6) is 0 Å². The second-order valence-corrected chi connectivity index (χ2v) is 4.80. The van der Waals surface area contributed by atoms with Crippen LogP contribution >= 0.6 is 0 Å². The summed E-state index contributed by atoms with van der Waals surface area (Å²) < 4.78 is 5.42. The Morgan fingerprint density at radius 1 is 1.22 bits per heavy atom. The molecule has 0 amide bonds. The number of ether oxygens (including phenoxy) is 1. The Morgan fingerprint density at radius 3 is 2.72 bits per heavy atom. The van der Waals surface area contributed by atoms with Gasteiger partial charge in [0.05, 0.1) is 18.2 Å². The topological polar surface area (TPSA) is 42.4 Å². The van der Waals surface area contributed by atoms with E-state index in [-0.39, 0.29) is 6.10 Å². The number of hydrogen-bond donors (Lipinski definition) is 1. The van der Waals surface area contributed by atoms with Crippen molar-refractivity contribution in [3.05, 3.63) is 41.6 Å². The number of pyridine rings is 1. The summed E-state index contributed by atoms with van der Waals surface area (Å²) in [5.74, 6) is 0. The summed E-state index contributed by atoms with van der Waals surface area (Å²) in [5.41, 5.74) is 2.82. The number of aryl methyl sites for hydroxylation is 1. The molecule has 1 heterocycles. The Hall–Kier alpha value is -1.45. The van der Waals surface area contributed by atoms with Gasteiger partial charge in [-0.25, -0.2) is 0 Å². The summed E-state index contributed by atoms with van der Waals surface area (Å²) >= 11 is 0. The lowest BCUT2D eigenvalue weighted by Crippen LogP contribution is -2.11. The number of fused-ring (bicyclic) bond motifs is 1. The van der Waals surface area contributed by atoms with Gasteiger partial charge in [-0.15, -0.1) is 0 Å². The van der Waals surface area contributed by atoms with E-state index in [9.17, 15) is 5.11 Å². The second kappa shape index (κ2) is 5.46. The third-order valence-corrected chi connectivity index (χ3v) is 2.82. The van der Waals surface area contributed by atoms with Crippen LogP contribution in [0, 0.1) is 6.92 Å². The predicted molar refractivity (Wildman–Crippen MR) is 72.5 cm³/mol. The van der Waals surface area contributed by atoms with E-state index in [1.54, 1.807) is 0 Å². The fourth-order valence-corrected chi connectivity index (χ4v) is 1.83. The first-order valence-electron chi connectivity index (χ1n) is 6.23. The summed E-state index contributed by atoms with van der Waals surface area (Å²) in [4.78, 5) is 4.44. The van der Waals surface area contributed by atoms with Crippen LogP contribution < -0.4 is 0 Å². The molecule has 0 saturated carbocycles. The lowest BCUT2D eigenvalue weighted by atomic mass is 10.1. The number of aliphatic hydroxyl groups excluding tert-OH is 1. The largest absolute Gasteiger partial charge is 0.386 e. The van der Waals surface area contributed by atoms with Crippen molar-refractivity contribution in [2.24, 2.45) is 0 Å². The minimum atomic E-state index is -0.585. The molecule has 1 N–H and O–H groups in total. The van der Waals surface area contributed by atoms with Gasteiger partial charge in [0, 0.05) is 11.1 Å². The third-order valence-electron chi connectivity index (χ3n) is 2.82. The summed E-state index contributed by atoms with van der Waals surface area (Å²) in [5, 5.41) is 11.1. The van der Waals surface area contributed by atoms with Gasteiger partial charge in [0.15, 0.2) is 0 Å². The first-order chi connectivity index (χ1) is 8.56. The quantitative estimate of drug-likeness (QED) is 0.900. The summed E-state index contributed by atoms with van der Waals surface area (Å²) in [7, 11) is 0. The summed E-state index contributed by atoms with van der Waals surface area (Å²) in [6.45, 7) is 6.21. The van der Waals surface area contributed by atoms with E-state index in [0.717, 1.165) is 22.2 Å². The fourth-order valence-electron chi connectivity index (χ4n) is 1.83. The van der Waals surface area contributed by atoms with E-state index in [4.69, 9.17) is 4.74 Å². The van der Waals surface area contributed by atoms with E-state index in [0.29, 0.717) is 6.61 Å². The third kappa shape index (κ3) is 3.06. The molecule has 3 heteroatoms. The van der Waals surface area contributed by atoms with Gasteiger partial charge >= 0.3 is 0 Å². The number of aromatic nitrogens is 1. The van der Waals surface area contributed by atoms with Gasteiger partial charge < -0.3 is 9.84 Å². The Kier molecular flexibility index (Phi) is 3.94. The highest BCUT2D eigenvalue weighted by atomic mass is 16.5. The summed E-state index contributed by atoms with van der Waals surface area (Å²) in [6, 6.07) is 9.82. The van der Waals surface area contributed by atoms with Crippen molar-refractivity contribution in [1.82, 2.24) is 4.98 Å². The Morgan fingerprint density at radius 2 is 2.00 bits per heavy atom. The smallest absolute Gasteiger partial charge is 0.102 e. The number of benzene rings is 1. The zero-order chi connectivity index (χ0) is 13.1. The van der Waals surface area contributed by atoms with Crippen molar-refractivity contribution in [2.45, 2.75) is 33.0 Å². The standard InChI is InChI=1S/C15H19NO2/c1-10(2)18-9-15(17)13-6-7-14-12(8-13)5-4-11(3)16-14/h4-8,10,15,17H,9H2,1-3H3. The SMILES string of the molecule is Cc1ccc2cc(C(O)COC(C)C)ccc2n1. The molecule has 0 spiro atoms. The average Bonchev–Trinajstić information content (AvgIpc) is 2.35. The average molecular weight is 245 g/mol. The molecule has 0 bridgehead atoms. The maximum atomic E-state index is 10.0. The van der Waals surface area contributed by atoms with Crippen LogP contribution in [0.15, 0.2) is 30.3 Å². The van der Waals surface area contributed by atoms with Crippen molar-refractivity contribution in [2.75, 3.05) is 6.61 Å². The molecule has 0 fully saturated rings. The lowest BCUT2D eigenvalue weighted by Gasteiger charge is -2.14. The second-order valence-electron chi connectivity index (χ2n) is 4.80. The van der Waals surface area contributed by atoms with Gasteiger partial charge in [-0.2, -0.15) is 0 Å². The van der Waals surface area contributed by atoms with Crippen molar-refractivity contribution >= 4 is 10.9 Å². The van der Waals surface area contributed by atoms with Crippen LogP contribution in [-0.4, -0.2) is 22.8 Å². The predicted octanol–water partition coefficient (Wildman–Crippen LogP) is 3.00. The van der Waals surface area contributed by atoms with Crippen LogP contribution in [-0.2, 0) is 4.74 Å². The van der Waals surface area contributed by atoms with Crippen LogP contribution in [0.25, 0.3) is 10.9 Å². The normalized spacial score (nSPS) is 13.2. The molecule has 1 unspecified atom stereocenters. The minimum absolute atomic E-state index is 0.129. The van der Waals surface area contributed by atoms with Crippen molar-refractivity contribution in [3.63, 3.8) is 0 Å². The van der Waals surface area contributed by atoms with E-state index < -0.39 is 6.10 Å². The van der Waals surface area contributed by atoms with E-state index >= 15 is 0 Å². The molecule has 0 saturated heterocycles. The van der Waals surface area contributed by atoms with Crippen LogP contribution in [0.1, 0.15) is 31.2 Å². The van der Waals surface area contributed by atoms with E-state index in [1.165, 1.54) is 0 Å². The Labute approximate surface area is 107 Å². The molecule has 3 nitrogen and oxygen atoms in total. The molecule has 1 aromatic carbocycles. The first kappa shape index (κ1) is 13.0. The molecular formula is C15H19NO2. The van der Waals surface area contributed by atoms with Gasteiger partial charge in [-0.1, -0.05) is 12.1 Å². The van der Waals surface area contributed by atoms with Crippen molar-refractivity contribution in [3.8, 4) is 0 Å². The summed E-state index contributed by atoms with van der Waals surface area (Å²) in [6.07, 6.45) is -0.456. The molecule has 0 aliphatic heterocycles. The fraction of sp³-hybridized carbons (Fsp3) is 0.400. The van der Waals surface area contributed by atoms with Gasteiger partial charge in [-0.05, 0) is 44.5 Å². The molecule has 0 radical (unpaired) electrons. The van der Waals surface area contributed by atoms with Crippen LogP contribution in [0.2, 0.25) is 0 Å². The van der Waals surface area contributed by atoms with E-state index in [1.807, 2.05) is 51.1 Å². The number of rotatable bonds is 4. The number of hydrogen-bond acceptors (Lipinski definition) is 3. The first-order valence-corrected chi connectivity index (χ1v) is 6.23. The molecule has 0 aliphatic rings. The monoisotopic (exact) mass is 245 g/mol. The Balaban J connectivity index is 2.21. The van der Waals surface area contributed by atoms with Gasteiger partial charge in [0.2, 0.25) is 0 Å². The van der Waals surface area contributed by atoms with E-state index in [2.05, 4.69) is 4.98 Å².